The molecule has 0 amide bonds. The zero-order valence-electron chi connectivity index (χ0n) is 12.4. The van der Waals surface area contributed by atoms with Gasteiger partial charge in [-0.1, -0.05) is 44.4 Å². The third kappa shape index (κ3) is 3.73. The second-order valence-electron chi connectivity index (χ2n) is 5.96. The highest BCUT2D eigenvalue weighted by molar-refractivity contribution is 5.54. The Kier molecular flexibility index (Phi) is 5.26. The van der Waals surface area contributed by atoms with Crippen molar-refractivity contribution in [2.75, 3.05) is 18.5 Å². The van der Waals surface area contributed by atoms with E-state index in [0.717, 1.165) is 12.3 Å². The summed E-state index contributed by atoms with van der Waals surface area (Å²) in [5.41, 5.74) is 8.86. The van der Waals surface area contributed by atoms with Crippen molar-refractivity contribution in [3.8, 4) is 0 Å². The molecule has 0 aliphatic heterocycles. The fourth-order valence-corrected chi connectivity index (χ4v) is 3.22. The van der Waals surface area contributed by atoms with Gasteiger partial charge in [0.2, 0.25) is 0 Å². The fourth-order valence-electron chi connectivity index (χ4n) is 3.22. The molecule has 1 atom stereocenters. The van der Waals surface area contributed by atoms with Gasteiger partial charge in [-0.3, -0.25) is 0 Å². The summed E-state index contributed by atoms with van der Waals surface area (Å²) in [6.45, 7) is 3.33. The standard InChI is InChI=1S/C17H28N2/c1-3-16(18)15-11-7-8-12-17(15)19(2)13-14-9-5-4-6-10-14/h7-8,11-12,14,16H,3-6,9-10,13,18H2,1-2H3/t16-/m1/s1. The summed E-state index contributed by atoms with van der Waals surface area (Å²) in [6, 6.07) is 8.78. The van der Waals surface area contributed by atoms with Crippen LogP contribution in [0.15, 0.2) is 24.3 Å². The number of anilines is 1. The molecule has 1 aromatic carbocycles. The maximum Gasteiger partial charge on any atom is 0.0412 e. The molecule has 2 rings (SSSR count). The van der Waals surface area contributed by atoms with Gasteiger partial charge < -0.3 is 10.6 Å². The van der Waals surface area contributed by atoms with Crippen LogP contribution in [-0.4, -0.2) is 13.6 Å². The molecular formula is C17H28N2. The van der Waals surface area contributed by atoms with Crippen LogP contribution >= 0.6 is 0 Å². The van der Waals surface area contributed by atoms with Crippen molar-refractivity contribution >= 4 is 5.69 Å². The van der Waals surface area contributed by atoms with E-state index in [1.807, 2.05) is 0 Å². The van der Waals surface area contributed by atoms with E-state index < -0.39 is 0 Å². The summed E-state index contributed by atoms with van der Waals surface area (Å²) >= 11 is 0. The van der Waals surface area contributed by atoms with Crippen LogP contribution in [-0.2, 0) is 0 Å². The number of benzene rings is 1. The first-order valence-electron chi connectivity index (χ1n) is 7.78. The zero-order valence-corrected chi connectivity index (χ0v) is 12.4. The highest BCUT2D eigenvalue weighted by Gasteiger charge is 2.18. The van der Waals surface area contributed by atoms with Crippen molar-refractivity contribution in [2.45, 2.75) is 51.5 Å². The smallest absolute Gasteiger partial charge is 0.0412 e. The third-order valence-electron chi connectivity index (χ3n) is 4.44. The lowest BCUT2D eigenvalue weighted by Gasteiger charge is -2.30. The lowest BCUT2D eigenvalue weighted by molar-refractivity contribution is 0.362. The van der Waals surface area contributed by atoms with Crippen molar-refractivity contribution in [2.24, 2.45) is 11.7 Å². The molecule has 0 bridgehead atoms. The Labute approximate surface area is 118 Å². The molecule has 2 heteroatoms. The highest BCUT2D eigenvalue weighted by Crippen LogP contribution is 2.29. The minimum Gasteiger partial charge on any atom is -0.374 e. The van der Waals surface area contributed by atoms with Gasteiger partial charge in [-0.25, -0.2) is 0 Å². The van der Waals surface area contributed by atoms with Crippen molar-refractivity contribution in [3.05, 3.63) is 29.8 Å². The van der Waals surface area contributed by atoms with E-state index in [9.17, 15) is 0 Å². The molecule has 1 fully saturated rings. The molecule has 1 aliphatic rings. The lowest BCUT2D eigenvalue weighted by Crippen LogP contribution is -2.28. The predicted molar refractivity (Wildman–Crippen MR) is 83.5 cm³/mol. The van der Waals surface area contributed by atoms with Crippen LogP contribution in [0.1, 0.15) is 57.1 Å². The zero-order chi connectivity index (χ0) is 13.7. The van der Waals surface area contributed by atoms with Crippen molar-refractivity contribution in [3.63, 3.8) is 0 Å². The van der Waals surface area contributed by atoms with Crippen LogP contribution in [0.3, 0.4) is 0 Å². The number of hydrogen-bond acceptors (Lipinski definition) is 2. The van der Waals surface area contributed by atoms with Gasteiger partial charge in [0.1, 0.15) is 0 Å². The first-order chi connectivity index (χ1) is 9.22. The summed E-state index contributed by atoms with van der Waals surface area (Å²) < 4.78 is 0. The van der Waals surface area contributed by atoms with Gasteiger partial charge in [-0.15, -0.1) is 0 Å². The van der Waals surface area contributed by atoms with E-state index in [-0.39, 0.29) is 6.04 Å². The van der Waals surface area contributed by atoms with Gasteiger partial charge >= 0.3 is 0 Å². The van der Waals surface area contributed by atoms with Gasteiger partial charge in [-0.2, -0.15) is 0 Å². The minimum atomic E-state index is 0.157. The molecule has 0 saturated heterocycles. The monoisotopic (exact) mass is 260 g/mol. The second-order valence-corrected chi connectivity index (χ2v) is 5.96. The topological polar surface area (TPSA) is 29.3 Å². The van der Waals surface area contributed by atoms with Crippen LogP contribution in [0.25, 0.3) is 0 Å². The van der Waals surface area contributed by atoms with Crippen molar-refractivity contribution in [1.82, 2.24) is 0 Å². The first-order valence-corrected chi connectivity index (χ1v) is 7.78. The molecule has 0 heterocycles. The second kappa shape index (κ2) is 6.95. The molecule has 1 saturated carbocycles. The van der Waals surface area contributed by atoms with E-state index in [2.05, 4.69) is 43.1 Å². The number of nitrogens with two attached hydrogens (primary N) is 1. The quantitative estimate of drug-likeness (QED) is 0.863. The predicted octanol–water partition coefficient (Wildman–Crippen LogP) is 4.11. The summed E-state index contributed by atoms with van der Waals surface area (Å²) in [5.74, 6) is 0.865. The Balaban J connectivity index is 2.07. The SMILES string of the molecule is CC[C@@H](N)c1ccccc1N(C)CC1CCCCC1. The largest absolute Gasteiger partial charge is 0.374 e. The van der Waals surface area contributed by atoms with Gasteiger partial charge in [0.05, 0.1) is 0 Å². The van der Waals surface area contributed by atoms with Crippen LogP contribution in [0.2, 0.25) is 0 Å². The molecule has 0 aromatic heterocycles. The number of nitrogens with zero attached hydrogens (tertiary/aromatic N) is 1. The molecule has 2 N–H and O–H groups in total. The van der Waals surface area contributed by atoms with Crippen LogP contribution in [0.5, 0.6) is 0 Å². The maximum atomic E-state index is 6.24. The average Bonchev–Trinajstić information content (AvgIpc) is 2.47. The summed E-state index contributed by atoms with van der Waals surface area (Å²) in [4.78, 5) is 2.42. The van der Waals surface area contributed by atoms with Gasteiger partial charge in [0.25, 0.3) is 0 Å². The fraction of sp³-hybridized carbons (Fsp3) is 0.647. The van der Waals surface area contributed by atoms with Crippen LogP contribution < -0.4 is 10.6 Å². The van der Waals surface area contributed by atoms with Gasteiger partial charge in [-0.05, 0) is 36.8 Å². The number of hydrogen-bond donors (Lipinski definition) is 1. The molecule has 0 spiro atoms. The third-order valence-corrected chi connectivity index (χ3v) is 4.44. The Bertz CT molecular complexity index is 383. The maximum absolute atomic E-state index is 6.24. The number of rotatable bonds is 5. The summed E-state index contributed by atoms with van der Waals surface area (Å²) in [5, 5.41) is 0. The van der Waals surface area contributed by atoms with Crippen molar-refractivity contribution in [1.29, 1.82) is 0 Å². The first kappa shape index (κ1) is 14.4. The van der Waals surface area contributed by atoms with Crippen molar-refractivity contribution < 1.29 is 0 Å². The molecule has 2 nitrogen and oxygen atoms in total. The van der Waals surface area contributed by atoms with E-state index in [4.69, 9.17) is 5.73 Å². The molecule has 19 heavy (non-hydrogen) atoms. The van der Waals surface area contributed by atoms with Gasteiger partial charge in [0, 0.05) is 25.3 Å². The Morgan fingerprint density at radius 3 is 2.58 bits per heavy atom. The summed E-state index contributed by atoms with van der Waals surface area (Å²) in [6.07, 6.45) is 8.04. The molecule has 0 unspecified atom stereocenters. The minimum absolute atomic E-state index is 0.157. The van der Waals surface area contributed by atoms with E-state index >= 15 is 0 Å². The van der Waals surface area contributed by atoms with Crippen LogP contribution in [0.4, 0.5) is 5.69 Å². The Morgan fingerprint density at radius 1 is 1.21 bits per heavy atom. The van der Waals surface area contributed by atoms with Gasteiger partial charge in [0.15, 0.2) is 0 Å². The molecule has 1 aliphatic carbocycles. The molecular weight excluding hydrogens is 232 g/mol. The average molecular weight is 260 g/mol. The van der Waals surface area contributed by atoms with E-state index in [1.165, 1.54) is 49.9 Å². The van der Waals surface area contributed by atoms with Crippen LogP contribution in [0, 0.1) is 5.92 Å². The molecule has 1 aromatic rings. The Morgan fingerprint density at radius 2 is 1.89 bits per heavy atom. The summed E-state index contributed by atoms with van der Waals surface area (Å²) in [7, 11) is 2.22. The molecule has 106 valence electrons. The van der Waals surface area contributed by atoms with E-state index in [0.29, 0.717) is 0 Å². The molecule has 0 radical (unpaired) electrons. The number of para-hydroxylation sites is 1. The Hall–Kier alpha value is -1.02. The lowest BCUT2D eigenvalue weighted by atomic mass is 9.88. The van der Waals surface area contributed by atoms with E-state index in [1.54, 1.807) is 0 Å². The highest BCUT2D eigenvalue weighted by atomic mass is 15.1. The normalized spacial score (nSPS) is 18.3.